The summed E-state index contributed by atoms with van der Waals surface area (Å²) in [6.45, 7) is 11.2. The number of nitrogens with two attached hydrogens (primary N) is 1. The van der Waals surface area contributed by atoms with Crippen LogP contribution < -0.4 is 21.1 Å². The van der Waals surface area contributed by atoms with Crippen LogP contribution in [0, 0.1) is 6.92 Å². The number of nitrogen functional groups attached to an aromatic ring is 1. The SMILES string of the molecule is COc1ccc(NC(=S)Nc2cc3c(c(N)c2C)C(C)(C)CC3(C)C)cc1. The van der Waals surface area contributed by atoms with E-state index in [4.69, 9.17) is 22.7 Å². The number of fused-ring (bicyclic) bond motifs is 1. The van der Waals surface area contributed by atoms with Crippen molar-refractivity contribution >= 4 is 34.4 Å². The molecule has 1 aliphatic carbocycles. The summed E-state index contributed by atoms with van der Waals surface area (Å²) >= 11 is 5.52. The summed E-state index contributed by atoms with van der Waals surface area (Å²) in [5.41, 5.74) is 13.1. The highest BCUT2D eigenvalue weighted by molar-refractivity contribution is 7.80. The van der Waals surface area contributed by atoms with E-state index in [0.717, 1.165) is 34.8 Å². The van der Waals surface area contributed by atoms with Crippen LogP contribution in [0.25, 0.3) is 0 Å². The molecule has 1 aliphatic rings. The molecule has 0 atom stereocenters. The Hall–Kier alpha value is -2.27. The van der Waals surface area contributed by atoms with Crippen molar-refractivity contribution in [3.05, 3.63) is 47.0 Å². The fraction of sp³-hybridized carbons (Fsp3) is 0.409. The molecule has 0 unspecified atom stereocenters. The van der Waals surface area contributed by atoms with E-state index in [2.05, 4.69) is 51.3 Å². The molecule has 144 valence electrons. The lowest BCUT2D eigenvalue weighted by atomic mass is 9.81. The van der Waals surface area contributed by atoms with E-state index in [1.54, 1.807) is 7.11 Å². The molecule has 0 fully saturated rings. The molecular weight excluding hydrogens is 354 g/mol. The Morgan fingerprint density at radius 1 is 1.07 bits per heavy atom. The summed E-state index contributed by atoms with van der Waals surface area (Å²) in [7, 11) is 1.65. The topological polar surface area (TPSA) is 59.3 Å². The molecule has 0 radical (unpaired) electrons. The Morgan fingerprint density at radius 2 is 1.70 bits per heavy atom. The molecule has 2 aromatic rings. The van der Waals surface area contributed by atoms with Crippen molar-refractivity contribution in [2.45, 2.75) is 51.9 Å². The van der Waals surface area contributed by atoms with Crippen molar-refractivity contribution in [2.75, 3.05) is 23.5 Å². The highest BCUT2D eigenvalue weighted by Gasteiger charge is 2.43. The zero-order valence-corrected chi connectivity index (χ0v) is 17.8. The number of ether oxygens (including phenoxy) is 1. The van der Waals surface area contributed by atoms with Crippen molar-refractivity contribution in [2.24, 2.45) is 0 Å². The molecule has 4 nitrogen and oxygen atoms in total. The van der Waals surface area contributed by atoms with Gasteiger partial charge in [0.2, 0.25) is 0 Å². The van der Waals surface area contributed by atoms with Gasteiger partial charge in [0, 0.05) is 17.1 Å². The molecule has 27 heavy (non-hydrogen) atoms. The molecule has 4 N–H and O–H groups in total. The van der Waals surface area contributed by atoms with Crippen molar-refractivity contribution < 1.29 is 4.74 Å². The van der Waals surface area contributed by atoms with Gasteiger partial charge in [0.25, 0.3) is 0 Å². The Balaban J connectivity index is 1.87. The van der Waals surface area contributed by atoms with Crippen LogP contribution >= 0.6 is 12.2 Å². The number of thiocarbonyl (C=S) groups is 1. The first-order chi connectivity index (χ1) is 12.5. The van der Waals surface area contributed by atoms with Crippen molar-refractivity contribution in [1.82, 2.24) is 0 Å². The zero-order valence-electron chi connectivity index (χ0n) is 17.0. The van der Waals surface area contributed by atoms with Gasteiger partial charge in [-0.3, -0.25) is 0 Å². The summed E-state index contributed by atoms with van der Waals surface area (Å²) in [4.78, 5) is 0. The van der Waals surface area contributed by atoms with E-state index < -0.39 is 0 Å². The molecule has 3 rings (SSSR count). The molecule has 2 aromatic carbocycles. The fourth-order valence-electron chi connectivity index (χ4n) is 4.44. The molecule has 0 aromatic heterocycles. The highest BCUT2D eigenvalue weighted by Crippen LogP contribution is 2.53. The number of anilines is 3. The van der Waals surface area contributed by atoms with Gasteiger partial charge in [-0.2, -0.15) is 0 Å². The van der Waals surface area contributed by atoms with Gasteiger partial charge in [-0.05, 0) is 83.4 Å². The van der Waals surface area contributed by atoms with Crippen LogP contribution in [0.2, 0.25) is 0 Å². The number of methoxy groups -OCH3 is 1. The van der Waals surface area contributed by atoms with Gasteiger partial charge in [-0.25, -0.2) is 0 Å². The molecule has 0 saturated carbocycles. The van der Waals surface area contributed by atoms with Gasteiger partial charge >= 0.3 is 0 Å². The minimum atomic E-state index is 0.0774. The van der Waals surface area contributed by atoms with Crippen LogP contribution in [0.5, 0.6) is 5.75 Å². The maximum Gasteiger partial charge on any atom is 0.175 e. The number of rotatable bonds is 3. The van der Waals surface area contributed by atoms with Gasteiger partial charge in [0.15, 0.2) is 5.11 Å². The third kappa shape index (κ3) is 3.61. The van der Waals surface area contributed by atoms with Crippen LogP contribution in [0.15, 0.2) is 30.3 Å². The van der Waals surface area contributed by atoms with Gasteiger partial charge in [-0.1, -0.05) is 27.7 Å². The minimum absolute atomic E-state index is 0.0774. The minimum Gasteiger partial charge on any atom is -0.497 e. The number of hydrogen-bond donors (Lipinski definition) is 3. The van der Waals surface area contributed by atoms with Crippen LogP contribution in [0.1, 0.15) is 50.8 Å². The van der Waals surface area contributed by atoms with E-state index in [0.29, 0.717) is 5.11 Å². The number of nitrogens with one attached hydrogen (secondary N) is 2. The molecule has 0 spiro atoms. The molecule has 0 heterocycles. The molecule has 0 bridgehead atoms. The van der Waals surface area contributed by atoms with Gasteiger partial charge in [0.1, 0.15) is 5.75 Å². The molecule has 0 aliphatic heterocycles. The third-order valence-electron chi connectivity index (χ3n) is 5.52. The van der Waals surface area contributed by atoms with E-state index in [9.17, 15) is 0 Å². The smallest absolute Gasteiger partial charge is 0.175 e. The fourth-order valence-corrected chi connectivity index (χ4v) is 4.67. The van der Waals surface area contributed by atoms with E-state index in [1.165, 1.54) is 11.1 Å². The maximum atomic E-state index is 6.57. The highest BCUT2D eigenvalue weighted by atomic mass is 32.1. The van der Waals surface area contributed by atoms with Crippen LogP contribution in [-0.2, 0) is 10.8 Å². The predicted molar refractivity (Wildman–Crippen MR) is 119 cm³/mol. The van der Waals surface area contributed by atoms with E-state index in [1.807, 2.05) is 24.3 Å². The predicted octanol–water partition coefficient (Wildman–Crippen LogP) is 5.35. The average molecular weight is 384 g/mol. The summed E-state index contributed by atoms with van der Waals surface area (Å²) in [5.74, 6) is 0.812. The summed E-state index contributed by atoms with van der Waals surface area (Å²) < 4.78 is 5.19. The largest absolute Gasteiger partial charge is 0.497 e. The first kappa shape index (κ1) is 19.5. The molecule has 0 amide bonds. The summed E-state index contributed by atoms with van der Waals surface area (Å²) in [6.07, 6.45) is 1.08. The van der Waals surface area contributed by atoms with Crippen molar-refractivity contribution in [3.8, 4) is 5.75 Å². The van der Waals surface area contributed by atoms with Crippen LogP contribution in [0.3, 0.4) is 0 Å². The van der Waals surface area contributed by atoms with Crippen LogP contribution in [-0.4, -0.2) is 12.2 Å². The molecular formula is C22H29N3OS. The first-order valence-corrected chi connectivity index (χ1v) is 9.62. The lowest BCUT2D eigenvalue weighted by molar-refractivity contribution is 0.403. The summed E-state index contributed by atoms with van der Waals surface area (Å²) in [6, 6.07) is 9.88. The number of benzene rings is 2. The zero-order chi connectivity index (χ0) is 20.0. The summed E-state index contributed by atoms with van der Waals surface area (Å²) in [5, 5.41) is 7.09. The number of hydrogen-bond acceptors (Lipinski definition) is 3. The third-order valence-corrected chi connectivity index (χ3v) is 5.73. The molecule has 5 heteroatoms. The van der Waals surface area contributed by atoms with E-state index in [-0.39, 0.29) is 10.8 Å². The Labute approximate surface area is 167 Å². The second-order valence-corrected chi connectivity index (χ2v) is 9.05. The Bertz CT molecular complexity index is 885. The normalized spacial score (nSPS) is 16.5. The Morgan fingerprint density at radius 3 is 2.30 bits per heavy atom. The lowest BCUT2D eigenvalue weighted by Gasteiger charge is -2.23. The quantitative estimate of drug-likeness (QED) is 0.492. The average Bonchev–Trinajstić information content (AvgIpc) is 2.76. The van der Waals surface area contributed by atoms with E-state index >= 15 is 0 Å². The monoisotopic (exact) mass is 383 g/mol. The van der Waals surface area contributed by atoms with Crippen molar-refractivity contribution in [1.29, 1.82) is 0 Å². The van der Waals surface area contributed by atoms with Gasteiger partial charge in [0.05, 0.1) is 7.11 Å². The van der Waals surface area contributed by atoms with Crippen molar-refractivity contribution in [3.63, 3.8) is 0 Å². The molecule has 0 saturated heterocycles. The second kappa shape index (κ2) is 6.71. The Kier molecular flexibility index (Phi) is 4.85. The lowest BCUT2D eigenvalue weighted by Crippen LogP contribution is -2.21. The van der Waals surface area contributed by atoms with Gasteiger partial charge in [-0.15, -0.1) is 0 Å². The van der Waals surface area contributed by atoms with Gasteiger partial charge < -0.3 is 21.1 Å². The second-order valence-electron chi connectivity index (χ2n) is 8.64. The first-order valence-electron chi connectivity index (χ1n) is 9.21. The maximum absolute atomic E-state index is 6.57. The standard InChI is InChI=1S/C22H29N3OS/c1-13-17(25-20(27)24-14-7-9-15(26-6)10-8-14)11-16-18(19(13)23)22(4,5)12-21(16,2)3/h7-11H,12,23H2,1-6H3,(H2,24,25,27). The van der Waals surface area contributed by atoms with Crippen LogP contribution in [0.4, 0.5) is 17.1 Å².